The van der Waals surface area contributed by atoms with Gasteiger partial charge in [0.25, 0.3) is 0 Å². The van der Waals surface area contributed by atoms with Crippen LogP contribution in [0.25, 0.3) is 0 Å². The topological polar surface area (TPSA) is 35.5 Å². The molecular formula is C14H24O3. The van der Waals surface area contributed by atoms with Gasteiger partial charge in [-0.3, -0.25) is 4.79 Å². The second kappa shape index (κ2) is 8.85. The maximum absolute atomic E-state index is 11.6. The van der Waals surface area contributed by atoms with E-state index in [4.69, 9.17) is 9.47 Å². The minimum atomic E-state index is -0.363. The summed E-state index contributed by atoms with van der Waals surface area (Å²) in [6, 6.07) is 0. The third-order valence-electron chi connectivity index (χ3n) is 2.20. The van der Waals surface area contributed by atoms with E-state index in [2.05, 4.69) is 6.58 Å². The summed E-state index contributed by atoms with van der Waals surface area (Å²) >= 11 is 0. The first-order valence-electron chi connectivity index (χ1n) is 6.18. The van der Waals surface area contributed by atoms with Gasteiger partial charge in [0, 0.05) is 0 Å². The minimum Gasteiger partial charge on any atom is -0.495 e. The maximum Gasteiger partial charge on any atom is 0.310 e. The van der Waals surface area contributed by atoms with Crippen LogP contribution in [0, 0.1) is 5.92 Å². The molecule has 0 aliphatic heterocycles. The Kier molecular flexibility index (Phi) is 8.20. The fraction of sp³-hybridized carbons (Fsp3) is 0.643. The minimum absolute atomic E-state index is 0.160. The van der Waals surface area contributed by atoms with Gasteiger partial charge in [-0.2, -0.15) is 0 Å². The molecule has 3 heteroatoms. The summed E-state index contributed by atoms with van der Waals surface area (Å²) in [6.07, 6.45) is 4.63. The molecule has 0 spiro atoms. The zero-order chi connectivity index (χ0) is 13.3. The molecule has 98 valence electrons. The van der Waals surface area contributed by atoms with Crippen LogP contribution in [0.5, 0.6) is 0 Å². The van der Waals surface area contributed by atoms with Gasteiger partial charge in [-0.05, 0) is 19.3 Å². The molecule has 0 saturated carbocycles. The number of hydrogen-bond acceptors (Lipinski definition) is 3. The molecule has 1 unspecified atom stereocenters. The van der Waals surface area contributed by atoms with E-state index in [0.717, 1.165) is 6.42 Å². The van der Waals surface area contributed by atoms with Gasteiger partial charge in [0.2, 0.25) is 0 Å². The van der Waals surface area contributed by atoms with E-state index in [-0.39, 0.29) is 18.0 Å². The van der Waals surface area contributed by atoms with E-state index >= 15 is 0 Å². The Morgan fingerprint density at radius 1 is 1.29 bits per heavy atom. The van der Waals surface area contributed by atoms with Gasteiger partial charge in [0.1, 0.15) is 5.76 Å². The lowest BCUT2D eigenvalue weighted by Crippen LogP contribution is -2.26. The fourth-order valence-corrected chi connectivity index (χ4v) is 1.38. The van der Waals surface area contributed by atoms with Gasteiger partial charge in [-0.15, -0.1) is 0 Å². The van der Waals surface area contributed by atoms with Crippen LogP contribution in [-0.2, 0) is 14.3 Å². The second-order valence-electron chi connectivity index (χ2n) is 4.14. The van der Waals surface area contributed by atoms with Crippen LogP contribution >= 0.6 is 0 Å². The van der Waals surface area contributed by atoms with E-state index in [9.17, 15) is 4.79 Å². The fourth-order valence-electron chi connectivity index (χ4n) is 1.38. The van der Waals surface area contributed by atoms with E-state index in [1.165, 1.54) is 0 Å². The zero-order valence-corrected chi connectivity index (χ0v) is 11.4. The summed E-state index contributed by atoms with van der Waals surface area (Å²) in [4.78, 5) is 11.6. The number of allylic oxidation sites excluding steroid dienone is 1. The van der Waals surface area contributed by atoms with Crippen molar-refractivity contribution >= 4 is 5.97 Å². The van der Waals surface area contributed by atoms with E-state index < -0.39 is 0 Å². The molecule has 17 heavy (non-hydrogen) atoms. The van der Waals surface area contributed by atoms with Crippen molar-refractivity contribution in [2.45, 2.75) is 46.6 Å². The number of ether oxygens (including phenoxy) is 2. The number of esters is 1. The Morgan fingerprint density at radius 3 is 2.41 bits per heavy atom. The van der Waals surface area contributed by atoms with Crippen molar-refractivity contribution in [3.8, 4) is 0 Å². The highest BCUT2D eigenvalue weighted by atomic mass is 16.6. The molecule has 3 nitrogen and oxygen atoms in total. The SMILES string of the molecule is C=C(OCC)C(OC(=O)C/C=C\CC)C(C)C. The summed E-state index contributed by atoms with van der Waals surface area (Å²) in [6.45, 7) is 12.2. The molecule has 0 rings (SSSR count). The van der Waals surface area contributed by atoms with Crippen LogP contribution in [0.1, 0.15) is 40.5 Å². The van der Waals surface area contributed by atoms with Crippen molar-refractivity contribution in [3.05, 3.63) is 24.5 Å². The molecule has 0 aromatic heterocycles. The Bertz CT molecular complexity index is 267. The van der Waals surface area contributed by atoms with Gasteiger partial charge in [-0.1, -0.05) is 39.5 Å². The molecule has 0 aliphatic rings. The van der Waals surface area contributed by atoms with Crippen LogP contribution < -0.4 is 0 Å². The van der Waals surface area contributed by atoms with Gasteiger partial charge < -0.3 is 9.47 Å². The van der Waals surface area contributed by atoms with Crippen LogP contribution in [0.4, 0.5) is 0 Å². The molecule has 0 radical (unpaired) electrons. The lowest BCUT2D eigenvalue weighted by molar-refractivity contribution is -0.150. The molecule has 0 aliphatic carbocycles. The first-order chi connectivity index (χ1) is 8.02. The van der Waals surface area contributed by atoms with E-state index in [1.54, 1.807) is 0 Å². The molecular weight excluding hydrogens is 216 g/mol. The monoisotopic (exact) mass is 240 g/mol. The van der Waals surface area contributed by atoms with Crippen LogP contribution in [0.3, 0.4) is 0 Å². The van der Waals surface area contributed by atoms with Crippen molar-refractivity contribution in [3.63, 3.8) is 0 Å². The molecule has 0 amide bonds. The van der Waals surface area contributed by atoms with Gasteiger partial charge in [0.05, 0.1) is 13.0 Å². The van der Waals surface area contributed by atoms with Crippen molar-refractivity contribution in [1.29, 1.82) is 0 Å². The lowest BCUT2D eigenvalue weighted by Gasteiger charge is -2.23. The Hall–Kier alpha value is -1.25. The average Bonchev–Trinajstić information content (AvgIpc) is 2.26. The molecule has 0 aromatic rings. The number of hydrogen-bond donors (Lipinski definition) is 0. The first kappa shape index (κ1) is 15.8. The molecule has 0 heterocycles. The van der Waals surface area contributed by atoms with E-state index in [0.29, 0.717) is 18.8 Å². The summed E-state index contributed by atoms with van der Waals surface area (Å²) in [5, 5.41) is 0. The standard InChI is InChI=1S/C14H24O3/c1-6-8-9-10-13(15)17-14(11(3)4)12(5)16-7-2/h8-9,11,14H,5-7,10H2,1-4H3/b9-8-. The van der Waals surface area contributed by atoms with Gasteiger partial charge in [0.15, 0.2) is 6.10 Å². The third-order valence-corrected chi connectivity index (χ3v) is 2.20. The van der Waals surface area contributed by atoms with E-state index in [1.807, 2.05) is 39.8 Å². The van der Waals surface area contributed by atoms with Crippen molar-refractivity contribution in [2.24, 2.45) is 5.92 Å². The number of rotatable bonds is 8. The van der Waals surface area contributed by atoms with Gasteiger partial charge >= 0.3 is 5.97 Å². The van der Waals surface area contributed by atoms with Crippen LogP contribution in [0.2, 0.25) is 0 Å². The first-order valence-corrected chi connectivity index (χ1v) is 6.18. The Balaban J connectivity index is 4.29. The Morgan fingerprint density at radius 2 is 1.94 bits per heavy atom. The quantitative estimate of drug-likeness (QED) is 0.370. The molecule has 0 fully saturated rings. The highest BCUT2D eigenvalue weighted by Crippen LogP contribution is 2.17. The van der Waals surface area contributed by atoms with Crippen molar-refractivity contribution < 1.29 is 14.3 Å². The maximum atomic E-state index is 11.6. The highest BCUT2D eigenvalue weighted by molar-refractivity contribution is 5.71. The summed E-state index contributed by atoms with van der Waals surface area (Å²) in [5.41, 5.74) is 0. The van der Waals surface area contributed by atoms with Gasteiger partial charge in [-0.25, -0.2) is 0 Å². The molecule has 0 N–H and O–H groups in total. The highest BCUT2D eigenvalue weighted by Gasteiger charge is 2.22. The summed E-state index contributed by atoms with van der Waals surface area (Å²) < 4.78 is 10.7. The van der Waals surface area contributed by atoms with Crippen molar-refractivity contribution in [1.82, 2.24) is 0 Å². The number of carbonyl (C=O) groups is 1. The average molecular weight is 240 g/mol. The lowest BCUT2D eigenvalue weighted by atomic mass is 10.1. The molecule has 0 saturated heterocycles. The van der Waals surface area contributed by atoms with Crippen molar-refractivity contribution in [2.75, 3.05) is 6.61 Å². The third kappa shape index (κ3) is 6.82. The number of carbonyl (C=O) groups excluding carboxylic acids is 1. The summed E-state index contributed by atoms with van der Waals surface area (Å²) in [7, 11) is 0. The predicted octanol–water partition coefficient (Wildman–Crippen LogP) is 3.46. The smallest absolute Gasteiger partial charge is 0.310 e. The predicted molar refractivity (Wildman–Crippen MR) is 69.5 cm³/mol. The normalized spacial score (nSPS) is 12.8. The van der Waals surface area contributed by atoms with Crippen LogP contribution in [0.15, 0.2) is 24.5 Å². The second-order valence-corrected chi connectivity index (χ2v) is 4.14. The zero-order valence-electron chi connectivity index (χ0n) is 11.4. The Labute approximate surface area is 104 Å². The largest absolute Gasteiger partial charge is 0.495 e. The molecule has 0 bridgehead atoms. The molecule has 0 aromatic carbocycles. The summed E-state index contributed by atoms with van der Waals surface area (Å²) in [5.74, 6) is 0.442. The van der Waals surface area contributed by atoms with Crippen LogP contribution in [-0.4, -0.2) is 18.7 Å². The molecule has 1 atom stereocenters.